The smallest absolute Gasteiger partial charge is 0.191 e. The summed E-state index contributed by atoms with van der Waals surface area (Å²) in [5.41, 5.74) is 6.37. The first-order valence-electron chi connectivity index (χ1n) is 5.09. The second kappa shape index (κ2) is 5.92. The number of phenols is 1. The summed E-state index contributed by atoms with van der Waals surface area (Å²) < 4.78 is 0. The Morgan fingerprint density at radius 1 is 1.50 bits per heavy atom. The molecule has 0 aliphatic carbocycles. The van der Waals surface area contributed by atoms with Crippen LogP contribution < -0.4 is 11.1 Å². The van der Waals surface area contributed by atoms with E-state index in [0.29, 0.717) is 18.7 Å². The molecule has 4 heteroatoms. The van der Waals surface area contributed by atoms with Crippen molar-refractivity contribution >= 4 is 5.78 Å². The van der Waals surface area contributed by atoms with Crippen molar-refractivity contribution in [1.29, 1.82) is 0 Å². The average Bonchev–Trinajstić information content (AvgIpc) is 2.26. The number of benzene rings is 1. The van der Waals surface area contributed by atoms with E-state index in [4.69, 9.17) is 5.73 Å². The van der Waals surface area contributed by atoms with Crippen LogP contribution in [-0.4, -0.2) is 24.0 Å². The number of nitrogens with one attached hydrogen (secondary N) is 1. The van der Waals surface area contributed by atoms with E-state index in [1.54, 1.807) is 25.1 Å². The number of hydrogen-bond acceptors (Lipinski definition) is 4. The monoisotopic (exact) mass is 220 g/mol. The molecule has 0 amide bonds. The Hall–Kier alpha value is -1.81. The summed E-state index contributed by atoms with van der Waals surface area (Å²) in [6.07, 6.45) is 1.45. The second-order valence-corrected chi connectivity index (χ2v) is 3.42. The molecule has 0 aromatic heterocycles. The van der Waals surface area contributed by atoms with E-state index >= 15 is 0 Å². The van der Waals surface area contributed by atoms with Crippen molar-refractivity contribution in [3.63, 3.8) is 0 Å². The maximum atomic E-state index is 11.7. The van der Waals surface area contributed by atoms with Gasteiger partial charge in [0, 0.05) is 24.9 Å². The van der Waals surface area contributed by atoms with Gasteiger partial charge in [0.1, 0.15) is 5.75 Å². The van der Waals surface area contributed by atoms with Gasteiger partial charge in [-0.2, -0.15) is 0 Å². The third-order valence-electron chi connectivity index (χ3n) is 2.07. The second-order valence-electron chi connectivity index (χ2n) is 3.42. The number of carbonyl (C=O) groups excluding carboxylic acids is 1. The Balaban J connectivity index is 2.76. The van der Waals surface area contributed by atoms with Crippen LogP contribution in [0.1, 0.15) is 17.3 Å². The zero-order chi connectivity index (χ0) is 12.0. The number of nitrogens with two attached hydrogens (primary N) is 1. The Morgan fingerprint density at radius 3 is 2.81 bits per heavy atom. The summed E-state index contributed by atoms with van der Waals surface area (Å²) in [6, 6.07) is 6.47. The Kier molecular flexibility index (Phi) is 4.54. The van der Waals surface area contributed by atoms with Crippen molar-refractivity contribution in [3.05, 3.63) is 41.6 Å². The van der Waals surface area contributed by atoms with Gasteiger partial charge in [0.05, 0.1) is 5.56 Å². The number of para-hydroxylation sites is 1. The maximum absolute atomic E-state index is 11.7. The minimum absolute atomic E-state index is 0.00428. The van der Waals surface area contributed by atoms with Crippen molar-refractivity contribution in [2.45, 2.75) is 6.92 Å². The van der Waals surface area contributed by atoms with Crippen LogP contribution in [0.5, 0.6) is 5.75 Å². The zero-order valence-electron chi connectivity index (χ0n) is 9.23. The molecule has 0 saturated carbocycles. The van der Waals surface area contributed by atoms with Gasteiger partial charge in [-0.3, -0.25) is 4.79 Å². The fourth-order valence-electron chi connectivity index (χ4n) is 1.28. The average molecular weight is 220 g/mol. The van der Waals surface area contributed by atoms with Crippen molar-refractivity contribution in [2.75, 3.05) is 13.1 Å². The van der Waals surface area contributed by atoms with Gasteiger partial charge < -0.3 is 16.2 Å². The summed E-state index contributed by atoms with van der Waals surface area (Å²) in [4.78, 5) is 11.7. The summed E-state index contributed by atoms with van der Waals surface area (Å²) in [5.74, 6) is -0.226. The van der Waals surface area contributed by atoms with Gasteiger partial charge in [-0.1, -0.05) is 12.1 Å². The van der Waals surface area contributed by atoms with Gasteiger partial charge in [-0.15, -0.1) is 0 Å². The summed E-state index contributed by atoms with van der Waals surface area (Å²) in [7, 11) is 0. The number of carbonyl (C=O) groups is 1. The number of hydrogen-bond donors (Lipinski definition) is 3. The molecule has 0 atom stereocenters. The lowest BCUT2D eigenvalue weighted by Crippen LogP contribution is -2.21. The number of rotatable bonds is 5. The van der Waals surface area contributed by atoms with Crippen molar-refractivity contribution in [1.82, 2.24) is 5.32 Å². The normalized spacial score (nSPS) is 11.2. The lowest BCUT2D eigenvalue weighted by molar-refractivity contribution is 0.104. The third kappa shape index (κ3) is 3.40. The highest BCUT2D eigenvalue weighted by Crippen LogP contribution is 2.16. The molecule has 0 aliphatic heterocycles. The molecule has 1 aromatic carbocycles. The highest BCUT2D eigenvalue weighted by atomic mass is 16.3. The van der Waals surface area contributed by atoms with E-state index in [2.05, 4.69) is 5.32 Å². The van der Waals surface area contributed by atoms with Crippen LogP contribution in [0.4, 0.5) is 0 Å². The molecule has 4 nitrogen and oxygen atoms in total. The van der Waals surface area contributed by atoms with Crippen LogP contribution in [0.15, 0.2) is 36.0 Å². The predicted octanol–water partition coefficient (Wildman–Crippen LogP) is 1.03. The SMILES string of the molecule is CC(=CC(=O)c1ccccc1O)NCCN. The van der Waals surface area contributed by atoms with Crippen LogP contribution in [0.25, 0.3) is 0 Å². The van der Waals surface area contributed by atoms with Gasteiger partial charge in [0.25, 0.3) is 0 Å². The molecular weight excluding hydrogens is 204 g/mol. The van der Waals surface area contributed by atoms with Gasteiger partial charge in [-0.05, 0) is 19.1 Å². The molecule has 4 N–H and O–H groups in total. The Morgan fingerprint density at radius 2 is 2.19 bits per heavy atom. The molecule has 1 aromatic rings. The molecular formula is C12H16N2O2. The van der Waals surface area contributed by atoms with E-state index in [1.807, 2.05) is 0 Å². The molecule has 1 rings (SSSR count). The van der Waals surface area contributed by atoms with Crippen LogP contribution in [-0.2, 0) is 0 Å². The number of allylic oxidation sites excluding steroid dienone is 2. The molecule has 0 radical (unpaired) electrons. The Bertz CT molecular complexity index is 400. The molecule has 16 heavy (non-hydrogen) atoms. The lowest BCUT2D eigenvalue weighted by Gasteiger charge is -2.04. The maximum Gasteiger partial charge on any atom is 0.191 e. The third-order valence-corrected chi connectivity index (χ3v) is 2.07. The highest BCUT2D eigenvalue weighted by Gasteiger charge is 2.07. The van der Waals surface area contributed by atoms with E-state index in [-0.39, 0.29) is 11.5 Å². The van der Waals surface area contributed by atoms with Crippen LogP contribution in [0.3, 0.4) is 0 Å². The molecule has 86 valence electrons. The minimum Gasteiger partial charge on any atom is -0.507 e. The topological polar surface area (TPSA) is 75.3 Å². The Labute approximate surface area is 94.8 Å². The zero-order valence-corrected chi connectivity index (χ0v) is 9.23. The van der Waals surface area contributed by atoms with Crippen LogP contribution >= 0.6 is 0 Å². The van der Waals surface area contributed by atoms with E-state index in [0.717, 1.165) is 5.70 Å². The number of aromatic hydroxyl groups is 1. The summed E-state index contributed by atoms with van der Waals surface area (Å²) in [6.45, 7) is 2.92. The van der Waals surface area contributed by atoms with Crippen molar-refractivity contribution < 1.29 is 9.90 Å². The van der Waals surface area contributed by atoms with Crippen LogP contribution in [0, 0.1) is 0 Å². The van der Waals surface area contributed by atoms with E-state index < -0.39 is 0 Å². The van der Waals surface area contributed by atoms with E-state index in [9.17, 15) is 9.90 Å². The molecule has 0 spiro atoms. The molecule has 0 saturated heterocycles. The quantitative estimate of drug-likeness (QED) is 0.511. The molecule has 0 unspecified atom stereocenters. The molecule has 0 aliphatic rings. The van der Waals surface area contributed by atoms with E-state index in [1.165, 1.54) is 12.1 Å². The fourth-order valence-corrected chi connectivity index (χ4v) is 1.28. The first-order chi connectivity index (χ1) is 7.65. The molecule has 0 fully saturated rings. The molecule has 0 heterocycles. The predicted molar refractivity (Wildman–Crippen MR) is 63.3 cm³/mol. The summed E-state index contributed by atoms with van der Waals surface area (Å²) in [5, 5.41) is 12.5. The number of ketones is 1. The summed E-state index contributed by atoms with van der Waals surface area (Å²) >= 11 is 0. The first-order valence-corrected chi connectivity index (χ1v) is 5.09. The van der Waals surface area contributed by atoms with Crippen LogP contribution in [0.2, 0.25) is 0 Å². The number of phenolic OH excluding ortho intramolecular Hbond substituents is 1. The standard InChI is InChI=1S/C12H16N2O2/c1-9(14-7-6-13)8-12(16)10-4-2-3-5-11(10)15/h2-5,8,14-15H,6-7,13H2,1H3. The largest absolute Gasteiger partial charge is 0.507 e. The van der Waals surface area contributed by atoms with Gasteiger partial charge >= 0.3 is 0 Å². The van der Waals surface area contributed by atoms with Gasteiger partial charge in [0.15, 0.2) is 5.78 Å². The van der Waals surface area contributed by atoms with Gasteiger partial charge in [0.2, 0.25) is 0 Å². The lowest BCUT2D eigenvalue weighted by atomic mass is 10.1. The van der Waals surface area contributed by atoms with Crippen molar-refractivity contribution in [2.24, 2.45) is 5.73 Å². The van der Waals surface area contributed by atoms with Gasteiger partial charge in [-0.25, -0.2) is 0 Å². The first kappa shape index (κ1) is 12.3. The molecule has 0 bridgehead atoms. The fraction of sp³-hybridized carbons (Fsp3) is 0.250. The van der Waals surface area contributed by atoms with Crippen molar-refractivity contribution in [3.8, 4) is 5.75 Å². The highest BCUT2D eigenvalue weighted by molar-refractivity contribution is 6.06. The minimum atomic E-state index is -0.222.